The quantitative estimate of drug-likeness (QED) is 0.646. The number of hydrogen-bond donors (Lipinski definition) is 0. The van der Waals surface area contributed by atoms with Crippen molar-refractivity contribution in [3.05, 3.63) is 0 Å². The van der Waals surface area contributed by atoms with Gasteiger partial charge >= 0.3 is 0 Å². The Hall–Kier alpha value is -0.0500. The molecule has 2 nitrogen and oxygen atoms in total. The fourth-order valence-electron chi connectivity index (χ4n) is 6.51. The van der Waals surface area contributed by atoms with Crippen LogP contribution in [0.5, 0.6) is 0 Å². The van der Waals surface area contributed by atoms with Gasteiger partial charge in [0.1, 0.15) is 0 Å². The summed E-state index contributed by atoms with van der Waals surface area (Å²) < 4.78 is 0. The molecule has 5 fully saturated rings. The molecule has 4 atom stereocenters. The molecule has 1 heterocycles. The summed E-state index contributed by atoms with van der Waals surface area (Å²) in [5.41, 5.74) is 0.489. The second-order valence-electron chi connectivity index (χ2n) is 9.09. The summed E-state index contributed by atoms with van der Waals surface area (Å²) in [4.78, 5) is 16.0. The second-order valence-corrected chi connectivity index (χ2v) is 10.3. The number of halogens is 1. The van der Waals surface area contributed by atoms with E-state index in [0.29, 0.717) is 22.1 Å². The third-order valence-corrected chi connectivity index (χ3v) is 8.15. The highest BCUT2D eigenvalue weighted by molar-refractivity contribution is 9.09. The van der Waals surface area contributed by atoms with Gasteiger partial charge in [-0.2, -0.15) is 0 Å². The molecule has 1 amide bonds. The van der Waals surface area contributed by atoms with Crippen molar-refractivity contribution >= 4 is 21.8 Å². The molecule has 4 bridgehead atoms. The number of likely N-dealkylation sites (tertiary alicyclic amines) is 1. The molecule has 0 radical (unpaired) electrons. The van der Waals surface area contributed by atoms with Crippen molar-refractivity contribution in [1.82, 2.24) is 4.90 Å². The zero-order chi connectivity index (χ0) is 14.8. The molecule has 0 N–H and O–H groups in total. The fraction of sp³-hybridized carbons (Fsp3) is 0.944. The topological polar surface area (TPSA) is 20.3 Å². The van der Waals surface area contributed by atoms with E-state index in [2.05, 4.69) is 34.7 Å². The first-order valence-electron chi connectivity index (χ1n) is 8.83. The Kier molecular flexibility index (Phi) is 3.27. The molecule has 0 aromatic rings. The number of carbonyl (C=O) groups excluding carboxylic acids is 1. The number of amides is 1. The zero-order valence-corrected chi connectivity index (χ0v) is 15.0. The van der Waals surface area contributed by atoms with E-state index >= 15 is 0 Å². The monoisotopic (exact) mass is 353 g/mol. The fourth-order valence-corrected chi connectivity index (χ4v) is 7.13. The lowest BCUT2D eigenvalue weighted by Gasteiger charge is -2.61. The molecule has 0 aromatic heterocycles. The van der Waals surface area contributed by atoms with Crippen molar-refractivity contribution in [3.63, 3.8) is 0 Å². The van der Waals surface area contributed by atoms with Crippen molar-refractivity contribution in [2.45, 2.75) is 63.6 Å². The van der Waals surface area contributed by atoms with Crippen molar-refractivity contribution in [3.8, 4) is 0 Å². The summed E-state index contributed by atoms with van der Waals surface area (Å²) in [7, 11) is 0. The average Bonchev–Trinajstić information content (AvgIpc) is 2.38. The van der Waals surface area contributed by atoms with Gasteiger partial charge in [-0.25, -0.2) is 0 Å². The molecule has 21 heavy (non-hydrogen) atoms. The molecule has 4 unspecified atom stereocenters. The Morgan fingerprint density at radius 1 is 1.19 bits per heavy atom. The smallest absolute Gasteiger partial charge is 0.228 e. The summed E-state index contributed by atoms with van der Waals surface area (Å²) >= 11 is 3.79. The van der Waals surface area contributed by atoms with Gasteiger partial charge in [0.05, 0.1) is 5.41 Å². The van der Waals surface area contributed by atoms with E-state index in [-0.39, 0.29) is 5.41 Å². The van der Waals surface area contributed by atoms with Crippen LogP contribution in [-0.2, 0) is 4.79 Å². The van der Waals surface area contributed by atoms with Crippen LogP contribution in [0.3, 0.4) is 0 Å². The minimum Gasteiger partial charge on any atom is -0.341 e. The van der Waals surface area contributed by atoms with Gasteiger partial charge < -0.3 is 4.90 Å². The Labute approximate surface area is 137 Å². The first-order valence-corrected chi connectivity index (χ1v) is 9.74. The molecule has 5 rings (SSSR count). The summed E-state index contributed by atoms with van der Waals surface area (Å²) in [6.45, 7) is 6.66. The molecule has 118 valence electrons. The Morgan fingerprint density at radius 2 is 1.86 bits per heavy atom. The molecule has 5 aliphatic rings. The second kappa shape index (κ2) is 4.72. The van der Waals surface area contributed by atoms with E-state index in [1.807, 2.05) is 0 Å². The third kappa shape index (κ3) is 2.29. The lowest BCUT2D eigenvalue weighted by molar-refractivity contribution is -0.167. The van der Waals surface area contributed by atoms with E-state index in [1.165, 1.54) is 38.5 Å². The predicted molar refractivity (Wildman–Crippen MR) is 88.3 cm³/mol. The van der Waals surface area contributed by atoms with Crippen LogP contribution in [0.2, 0.25) is 0 Å². The maximum atomic E-state index is 13.4. The van der Waals surface area contributed by atoms with E-state index in [9.17, 15) is 4.79 Å². The Morgan fingerprint density at radius 3 is 2.43 bits per heavy atom. The van der Waals surface area contributed by atoms with Crippen LogP contribution < -0.4 is 0 Å². The molecule has 4 saturated carbocycles. The van der Waals surface area contributed by atoms with Gasteiger partial charge in [-0.1, -0.05) is 29.8 Å². The van der Waals surface area contributed by atoms with E-state index in [4.69, 9.17) is 0 Å². The molecular weight excluding hydrogens is 326 g/mol. The number of alkyl halides is 1. The van der Waals surface area contributed by atoms with Gasteiger partial charge in [0.2, 0.25) is 5.91 Å². The molecule has 3 heteroatoms. The van der Waals surface area contributed by atoms with Gasteiger partial charge in [-0.15, -0.1) is 0 Å². The molecular formula is C18H28BrNO. The van der Waals surface area contributed by atoms with Crippen molar-refractivity contribution in [2.24, 2.45) is 28.6 Å². The molecule has 4 aliphatic carbocycles. The average molecular weight is 354 g/mol. The number of carbonyl (C=O) groups is 1. The minimum atomic E-state index is 0.0200. The number of hydrogen-bond acceptors (Lipinski definition) is 1. The van der Waals surface area contributed by atoms with E-state index in [1.54, 1.807) is 0 Å². The molecule has 0 spiro atoms. The highest BCUT2D eigenvalue weighted by Crippen LogP contribution is 2.65. The van der Waals surface area contributed by atoms with Crippen LogP contribution in [0.25, 0.3) is 0 Å². The predicted octanol–water partition coefficient (Wildman–Crippen LogP) is 4.22. The highest BCUT2D eigenvalue weighted by atomic mass is 79.9. The van der Waals surface area contributed by atoms with Crippen LogP contribution in [0.4, 0.5) is 0 Å². The van der Waals surface area contributed by atoms with Crippen molar-refractivity contribution in [2.75, 3.05) is 13.1 Å². The van der Waals surface area contributed by atoms with Crippen LogP contribution in [-0.4, -0.2) is 28.7 Å². The number of rotatable bonds is 1. The van der Waals surface area contributed by atoms with Gasteiger partial charge in [-0.3, -0.25) is 4.79 Å². The van der Waals surface area contributed by atoms with Gasteiger partial charge in [0, 0.05) is 17.9 Å². The first-order chi connectivity index (χ1) is 9.89. The normalized spacial score (nSPS) is 52.2. The van der Waals surface area contributed by atoms with Gasteiger partial charge in [-0.05, 0) is 68.1 Å². The zero-order valence-electron chi connectivity index (χ0n) is 13.4. The lowest BCUT2D eigenvalue weighted by atomic mass is 9.44. The van der Waals surface area contributed by atoms with Crippen LogP contribution in [0.1, 0.15) is 58.8 Å². The summed E-state index contributed by atoms with van der Waals surface area (Å²) in [6, 6.07) is 0. The Bertz CT molecular complexity index is 448. The maximum Gasteiger partial charge on any atom is 0.228 e. The number of nitrogens with zero attached hydrogens (tertiary/aromatic N) is 1. The first kappa shape index (κ1) is 14.5. The van der Waals surface area contributed by atoms with Crippen molar-refractivity contribution in [1.29, 1.82) is 0 Å². The minimum absolute atomic E-state index is 0.0200. The van der Waals surface area contributed by atoms with Crippen LogP contribution in [0, 0.1) is 28.6 Å². The lowest BCUT2D eigenvalue weighted by Crippen LogP contribution is -2.59. The molecule has 1 saturated heterocycles. The van der Waals surface area contributed by atoms with E-state index in [0.717, 1.165) is 31.3 Å². The molecule has 1 aliphatic heterocycles. The summed E-state index contributed by atoms with van der Waals surface area (Å²) in [6.07, 6.45) is 8.89. The number of piperidine rings is 1. The van der Waals surface area contributed by atoms with Gasteiger partial charge in [0.15, 0.2) is 0 Å². The summed E-state index contributed by atoms with van der Waals surface area (Å²) in [5, 5.41) is 0. The largest absolute Gasteiger partial charge is 0.341 e. The van der Waals surface area contributed by atoms with Crippen LogP contribution >= 0.6 is 15.9 Å². The van der Waals surface area contributed by atoms with Crippen LogP contribution in [0.15, 0.2) is 0 Å². The molecule has 0 aromatic carbocycles. The third-order valence-electron chi connectivity index (χ3n) is 6.96. The van der Waals surface area contributed by atoms with Crippen molar-refractivity contribution < 1.29 is 4.79 Å². The SMILES string of the molecule is CC1CCN(C(=O)C23CC4CC(CC(C)(C4)C2)C3)CC1Br. The Balaban J connectivity index is 1.57. The standard InChI is InChI=1S/C18H28BrNO/c1-12-3-4-20(10-15(12)19)16(21)18-8-13-5-14(9-18)7-17(2,6-13)11-18/h12-15H,3-11H2,1-2H3. The maximum absolute atomic E-state index is 13.4. The summed E-state index contributed by atoms with van der Waals surface area (Å²) in [5.74, 6) is 2.88. The van der Waals surface area contributed by atoms with Gasteiger partial charge in [0.25, 0.3) is 0 Å². The van der Waals surface area contributed by atoms with E-state index < -0.39 is 0 Å². The highest BCUT2D eigenvalue weighted by Gasteiger charge is 2.59.